The maximum atomic E-state index is 15.5. The van der Waals surface area contributed by atoms with E-state index in [1.807, 2.05) is 97.1 Å². The number of para-hydroxylation sites is 2. The van der Waals surface area contributed by atoms with E-state index in [9.17, 15) is 0 Å². The summed E-state index contributed by atoms with van der Waals surface area (Å²) in [7, 11) is 0. The predicted molar refractivity (Wildman–Crippen MR) is 254 cm³/mol. The quantitative estimate of drug-likeness (QED) is 0.0952. The lowest BCUT2D eigenvalue weighted by Gasteiger charge is -2.34. The van der Waals surface area contributed by atoms with Crippen LogP contribution >= 0.6 is 0 Å². The number of fused-ring (bicyclic) bond motifs is 8. The van der Waals surface area contributed by atoms with Crippen molar-refractivity contribution in [1.82, 2.24) is 0 Å². The fraction of sp³-hybridized carbons (Fsp3) is 0.214. The minimum absolute atomic E-state index is 0.0674. The second kappa shape index (κ2) is 13.3. The van der Waals surface area contributed by atoms with Gasteiger partial charge in [0.25, 0.3) is 23.6 Å². The van der Waals surface area contributed by atoms with Gasteiger partial charge in [-0.3, -0.25) is 19.2 Å². The topological polar surface area (TPSA) is 74.8 Å². The van der Waals surface area contributed by atoms with Gasteiger partial charge in [-0.2, -0.15) is 0 Å². The molecular formula is C56H46N2O4. The third-order valence-corrected chi connectivity index (χ3v) is 13.7. The van der Waals surface area contributed by atoms with E-state index in [0.29, 0.717) is 44.4 Å². The third-order valence-electron chi connectivity index (χ3n) is 13.7. The van der Waals surface area contributed by atoms with Crippen LogP contribution in [-0.2, 0) is 0 Å². The van der Waals surface area contributed by atoms with E-state index in [2.05, 4.69) is 67.5 Å². The second-order valence-corrected chi connectivity index (χ2v) is 18.5. The van der Waals surface area contributed by atoms with Gasteiger partial charge in [0.05, 0.1) is 22.5 Å². The minimum atomic E-state index is -0.343. The molecule has 2 aliphatic heterocycles. The lowest BCUT2D eigenvalue weighted by Crippen LogP contribution is -2.42. The number of nitrogens with zero attached hydrogens (tertiary/aromatic N) is 2. The molecule has 0 atom stereocenters. The Morgan fingerprint density at radius 1 is 0.306 bits per heavy atom. The van der Waals surface area contributed by atoms with E-state index in [1.165, 1.54) is 9.80 Å². The predicted octanol–water partition coefficient (Wildman–Crippen LogP) is 14.1. The van der Waals surface area contributed by atoms with Crippen molar-refractivity contribution in [2.24, 2.45) is 0 Å². The Labute approximate surface area is 360 Å². The van der Waals surface area contributed by atoms with Crippen LogP contribution in [0.15, 0.2) is 109 Å². The molecule has 6 nitrogen and oxygen atoms in total. The van der Waals surface area contributed by atoms with E-state index in [0.717, 1.165) is 76.1 Å². The van der Waals surface area contributed by atoms with Gasteiger partial charge in [-0.1, -0.05) is 152 Å². The summed E-state index contributed by atoms with van der Waals surface area (Å²) in [5.74, 6) is -1.09. The highest BCUT2D eigenvalue weighted by atomic mass is 16.2. The molecule has 0 aromatic heterocycles. The first kappa shape index (κ1) is 38.0. The van der Waals surface area contributed by atoms with E-state index in [4.69, 9.17) is 0 Å². The van der Waals surface area contributed by atoms with Gasteiger partial charge in [-0.05, 0) is 112 Å². The Morgan fingerprint density at radius 3 is 0.919 bits per heavy atom. The number of benzene rings is 9. The first-order valence-corrected chi connectivity index (χ1v) is 21.9. The first-order chi connectivity index (χ1) is 29.8. The highest BCUT2D eigenvalue weighted by Crippen LogP contribution is 2.53. The molecule has 2 aliphatic rings. The first-order valence-electron chi connectivity index (χ1n) is 21.9. The van der Waals surface area contributed by atoms with Gasteiger partial charge in [0.1, 0.15) is 0 Å². The number of hydrogen-bond acceptors (Lipinski definition) is 4. The number of carbonyl (C=O) groups excluding carboxylic acids is 4. The summed E-state index contributed by atoms with van der Waals surface area (Å²) >= 11 is 0. The van der Waals surface area contributed by atoms with Gasteiger partial charge < -0.3 is 0 Å². The molecule has 2 heterocycles. The van der Waals surface area contributed by atoms with E-state index in [1.54, 1.807) is 0 Å². The molecule has 0 fully saturated rings. The molecular weight excluding hydrogens is 765 g/mol. The summed E-state index contributed by atoms with van der Waals surface area (Å²) < 4.78 is 0. The molecule has 0 saturated heterocycles. The Hall–Kier alpha value is -6.92. The molecule has 0 saturated carbocycles. The van der Waals surface area contributed by atoms with E-state index >= 15 is 19.2 Å². The minimum Gasteiger partial charge on any atom is -0.268 e. The van der Waals surface area contributed by atoms with Crippen molar-refractivity contribution < 1.29 is 19.2 Å². The molecule has 6 heteroatoms. The number of carbonyl (C=O) groups is 4. The molecule has 304 valence electrons. The Morgan fingerprint density at radius 2 is 0.597 bits per heavy atom. The normalized spacial score (nSPS) is 14.5. The maximum absolute atomic E-state index is 15.5. The number of rotatable bonds is 6. The second-order valence-electron chi connectivity index (χ2n) is 18.5. The largest absolute Gasteiger partial charge is 0.268 e. The lowest BCUT2D eigenvalue weighted by atomic mass is 9.77. The van der Waals surface area contributed by atoms with E-state index in [-0.39, 0.29) is 47.3 Å². The van der Waals surface area contributed by atoms with Crippen LogP contribution in [0.2, 0.25) is 0 Å². The molecule has 9 aromatic carbocycles. The van der Waals surface area contributed by atoms with Crippen LogP contribution in [0.25, 0.3) is 64.6 Å². The van der Waals surface area contributed by atoms with Gasteiger partial charge >= 0.3 is 0 Å². The number of imide groups is 2. The standard InChI is InChI=1S/C56H46N2O4/c1-27(2)31-19-13-20-32(28(3)4)51(31)57-53(59)41-25-23-39-40-24-26-42-48-46(40)44(43-35-15-9-11-17-37(35)49(55(57)61)47(41)45(39)43)36-16-10-12-18-38(36)50(48)56(62)58(54(42)60)52-33(29(5)6)21-14-22-34(52)30(7)8/h9-30H,1-8H3. The smallest absolute Gasteiger partial charge is 0.266 e. The number of hydrogen-bond donors (Lipinski definition) is 0. The molecule has 62 heavy (non-hydrogen) atoms. The van der Waals surface area contributed by atoms with Crippen LogP contribution in [0, 0.1) is 0 Å². The van der Waals surface area contributed by atoms with Crippen LogP contribution in [0.3, 0.4) is 0 Å². The summed E-state index contributed by atoms with van der Waals surface area (Å²) in [5.41, 5.74) is 7.11. The van der Waals surface area contributed by atoms with Crippen molar-refractivity contribution in [2.45, 2.75) is 79.1 Å². The molecule has 0 radical (unpaired) electrons. The van der Waals surface area contributed by atoms with Gasteiger partial charge in [0, 0.05) is 21.9 Å². The van der Waals surface area contributed by atoms with Crippen LogP contribution in [0.5, 0.6) is 0 Å². The average Bonchev–Trinajstić information content (AvgIpc) is 3.26. The Kier molecular flexibility index (Phi) is 8.15. The fourth-order valence-corrected chi connectivity index (χ4v) is 11.0. The molecule has 11 rings (SSSR count). The van der Waals surface area contributed by atoms with E-state index < -0.39 is 0 Å². The molecule has 4 amide bonds. The maximum Gasteiger partial charge on any atom is 0.266 e. The van der Waals surface area contributed by atoms with Crippen molar-refractivity contribution in [2.75, 3.05) is 9.80 Å². The number of amides is 4. The molecule has 0 unspecified atom stereocenters. The Bertz CT molecular complexity index is 3230. The summed E-state index contributed by atoms with van der Waals surface area (Å²) in [4.78, 5) is 64.2. The van der Waals surface area contributed by atoms with Crippen molar-refractivity contribution >= 4 is 99.6 Å². The third kappa shape index (κ3) is 4.81. The molecule has 0 aliphatic carbocycles. The zero-order valence-electron chi connectivity index (χ0n) is 36.2. The zero-order valence-corrected chi connectivity index (χ0v) is 36.2. The zero-order chi connectivity index (χ0) is 43.2. The van der Waals surface area contributed by atoms with Crippen LogP contribution in [0.4, 0.5) is 11.4 Å². The van der Waals surface area contributed by atoms with Crippen molar-refractivity contribution in [3.8, 4) is 0 Å². The van der Waals surface area contributed by atoms with Crippen LogP contribution in [-0.4, -0.2) is 23.6 Å². The SMILES string of the molecule is CC(C)c1cccc(C(C)C)c1N1C(=O)c2ccc3c4ccc5c6c(c7ccccc7c(c64)c4c6ccccc6c(c2c34)C1=O)C(=O)N(c1c(C(C)C)cccc1C(C)C)C5=O. The lowest BCUT2D eigenvalue weighted by molar-refractivity contribution is 0.0878. The summed E-state index contributed by atoms with van der Waals surface area (Å²) in [6.45, 7) is 16.8. The van der Waals surface area contributed by atoms with Crippen molar-refractivity contribution in [3.63, 3.8) is 0 Å². The molecule has 0 spiro atoms. The average molecular weight is 811 g/mol. The van der Waals surface area contributed by atoms with Gasteiger partial charge in [-0.25, -0.2) is 9.80 Å². The van der Waals surface area contributed by atoms with Gasteiger partial charge in [0.2, 0.25) is 0 Å². The Balaban J connectivity index is 1.29. The van der Waals surface area contributed by atoms with Gasteiger partial charge in [-0.15, -0.1) is 0 Å². The molecule has 9 aromatic rings. The summed E-state index contributed by atoms with van der Waals surface area (Å²) in [5, 5.41) is 9.73. The fourth-order valence-electron chi connectivity index (χ4n) is 11.0. The molecule has 0 bridgehead atoms. The monoisotopic (exact) mass is 810 g/mol. The van der Waals surface area contributed by atoms with Gasteiger partial charge in [0.15, 0.2) is 0 Å². The highest BCUT2D eigenvalue weighted by Gasteiger charge is 2.42. The summed E-state index contributed by atoms with van der Waals surface area (Å²) in [6.07, 6.45) is 0. The van der Waals surface area contributed by atoms with Crippen LogP contribution < -0.4 is 9.80 Å². The van der Waals surface area contributed by atoms with Crippen molar-refractivity contribution in [1.29, 1.82) is 0 Å². The summed E-state index contributed by atoms with van der Waals surface area (Å²) in [6, 6.07) is 35.9. The molecule has 0 N–H and O–H groups in total. The number of anilines is 2. The van der Waals surface area contributed by atoms with Crippen molar-refractivity contribution in [3.05, 3.63) is 154 Å². The highest BCUT2D eigenvalue weighted by molar-refractivity contribution is 6.52. The van der Waals surface area contributed by atoms with Crippen LogP contribution in [0.1, 0.15) is 143 Å².